The first-order chi connectivity index (χ1) is 14.4. The van der Waals surface area contributed by atoms with Crippen molar-refractivity contribution in [3.8, 4) is 0 Å². The van der Waals surface area contributed by atoms with E-state index >= 15 is 0 Å². The topological polar surface area (TPSA) is 130 Å². The average Bonchev–Trinajstić information content (AvgIpc) is 2.75. The Morgan fingerprint density at radius 1 is 1.17 bits per heavy atom. The molecule has 3 N–H and O–H groups in total. The lowest BCUT2D eigenvalue weighted by Gasteiger charge is -2.12. The summed E-state index contributed by atoms with van der Waals surface area (Å²) in [5.74, 6) is -2.16. The molecule has 9 nitrogen and oxygen atoms in total. The van der Waals surface area contributed by atoms with E-state index < -0.39 is 29.9 Å². The van der Waals surface area contributed by atoms with Crippen molar-refractivity contribution in [1.82, 2.24) is 9.88 Å². The molecule has 0 fully saturated rings. The van der Waals surface area contributed by atoms with Crippen molar-refractivity contribution in [2.75, 3.05) is 26.3 Å². The first-order valence-corrected chi connectivity index (χ1v) is 9.86. The number of carbonyl (C=O) groups excluding carboxylic acids is 3. The van der Waals surface area contributed by atoms with Crippen LogP contribution in [0.5, 0.6) is 0 Å². The molecule has 9 heteroatoms. The molecule has 1 amide bonds. The number of benzene rings is 1. The molecule has 2 aromatic rings. The van der Waals surface area contributed by atoms with E-state index in [1.54, 1.807) is 17.6 Å². The number of aryl methyl sites for hydroxylation is 2. The Morgan fingerprint density at radius 3 is 2.60 bits per heavy atom. The average molecular weight is 417 g/mol. The first-order valence-electron chi connectivity index (χ1n) is 9.86. The SMILES string of the molecule is CCOC(=O)CNC(=O)COC(=O)c1cn(CC)c2ccc(CCCN)cc2c1=O. The van der Waals surface area contributed by atoms with Gasteiger partial charge in [-0.25, -0.2) is 4.79 Å². The molecule has 2 rings (SSSR count). The summed E-state index contributed by atoms with van der Waals surface area (Å²) in [6.07, 6.45) is 2.95. The van der Waals surface area contributed by atoms with Gasteiger partial charge in [-0.2, -0.15) is 0 Å². The maximum absolute atomic E-state index is 12.9. The van der Waals surface area contributed by atoms with E-state index in [-0.39, 0.29) is 18.7 Å². The molecule has 0 radical (unpaired) electrons. The van der Waals surface area contributed by atoms with E-state index in [0.717, 1.165) is 18.4 Å². The molecule has 0 saturated carbocycles. The molecular weight excluding hydrogens is 390 g/mol. The second kappa shape index (κ2) is 11.1. The number of aromatic nitrogens is 1. The summed E-state index contributed by atoms with van der Waals surface area (Å²) in [5, 5.41) is 2.69. The van der Waals surface area contributed by atoms with E-state index in [2.05, 4.69) is 5.32 Å². The lowest BCUT2D eigenvalue weighted by molar-refractivity contribution is -0.143. The summed E-state index contributed by atoms with van der Waals surface area (Å²) in [7, 11) is 0. The fourth-order valence-corrected chi connectivity index (χ4v) is 2.96. The normalized spacial score (nSPS) is 10.6. The molecular formula is C21H27N3O6. The van der Waals surface area contributed by atoms with Crippen molar-refractivity contribution in [2.45, 2.75) is 33.2 Å². The van der Waals surface area contributed by atoms with Crippen LogP contribution in [0, 0.1) is 0 Å². The Bertz CT molecular complexity index is 983. The highest BCUT2D eigenvalue weighted by molar-refractivity contribution is 5.95. The van der Waals surface area contributed by atoms with Gasteiger partial charge in [-0.3, -0.25) is 14.4 Å². The van der Waals surface area contributed by atoms with Crippen LogP contribution in [-0.4, -0.2) is 48.7 Å². The summed E-state index contributed by atoms with van der Waals surface area (Å²) < 4.78 is 11.4. The molecule has 1 heterocycles. The third kappa shape index (κ3) is 5.90. The van der Waals surface area contributed by atoms with Crippen LogP contribution in [0.4, 0.5) is 0 Å². The number of nitrogens with two attached hydrogens (primary N) is 1. The van der Waals surface area contributed by atoms with Crippen LogP contribution in [-0.2, 0) is 32.0 Å². The zero-order chi connectivity index (χ0) is 22.1. The van der Waals surface area contributed by atoms with Crippen LogP contribution >= 0.6 is 0 Å². The minimum absolute atomic E-state index is 0.154. The van der Waals surface area contributed by atoms with E-state index in [1.807, 2.05) is 19.1 Å². The van der Waals surface area contributed by atoms with Gasteiger partial charge in [0.05, 0.1) is 12.1 Å². The van der Waals surface area contributed by atoms with Gasteiger partial charge >= 0.3 is 11.9 Å². The van der Waals surface area contributed by atoms with E-state index in [1.165, 1.54) is 6.20 Å². The monoisotopic (exact) mass is 417 g/mol. The number of fused-ring (bicyclic) bond motifs is 1. The maximum Gasteiger partial charge on any atom is 0.344 e. The number of hydrogen-bond acceptors (Lipinski definition) is 7. The van der Waals surface area contributed by atoms with Gasteiger partial charge in [-0.15, -0.1) is 0 Å². The largest absolute Gasteiger partial charge is 0.465 e. The van der Waals surface area contributed by atoms with E-state index in [4.69, 9.17) is 15.2 Å². The van der Waals surface area contributed by atoms with Crippen LogP contribution in [0.25, 0.3) is 10.9 Å². The summed E-state index contributed by atoms with van der Waals surface area (Å²) in [5.41, 5.74) is 6.61. The third-order valence-corrected chi connectivity index (χ3v) is 4.44. The number of esters is 2. The van der Waals surface area contributed by atoms with Crippen molar-refractivity contribution in [2.24, 2.45) is 5.73 Å². The summed E-state index contributed by atoms with van der Waals surface area (Å²) >= 11 is 0. The molecule has 162 valence electrons. The molecule has 30 heavy (non-hydrogen) atoms. The predicted octanol–water partition coefficient (Wildman–Crippen LogP) is 0.749. The Kier molecular flexibility index (Phi) is 8.54. The molecule has 1 aromatic heterocycles. The van der Waals surface area contributed by atoms with E-state index in [0.29, 0.717) is 24.0 Å². The molecule has 0 bridgehead atoms. The van der Waals surface area contributed by atoms with Crippen molar-refractivity contribution in [3.63, 3.8) is 0 Å². The first kappa shape index (κ1) is 23.1. The quantitative estimate of drug-likeness (QED) is 0.546. The minimum atomic E-state index is -0.900. The second-order valence-electron chi connectivity index (χ2n) is 6.56. The highest BCUT2D eigenvalue weighted by atomic mass is 16.5. The smallest absolute Gasteiger partial charge is 0.344 e. The minimum Gasteiger partial charge on any atom is -0.465 e. The highest BCUT2D eigenvalue weighted by Gasteiger charge is 2.18. The van der Waals surface area contributed by atoms with Crippen molar-refractivity contribution < 1.29 is 23.9 Å². The van der Waals surface area contributed by atoms with Crippen molar-refractivity contribution in [3.05, 3.63) is 45.7 Å². The zero-order valence-corrected chi connectivity index (χ0v) is 17.2. The molecule has 0 spiro atoms. The number of amides is 1. The number of nitrogens with zero attached hydrogens (tertiary/aromatic N) is 1. The fourth-order valence-electron chi connectivity index (χ4n) is 2.96. The number of rotatable bonds is 10. The fraction of sp³-hybridized carbons (Fsp3) is 0.429. The summed E-state index contributed by atoms with van der Waals surface area (Å²) in [6, 6.07) is 5.56. The maximum atomic E-state index is 12.9. The Hall–Kier alpha value is -3.20. The number of ether oxygens (including phenoxy) is 2. The van der Waals surface area contributed by atoms with Gasteiger partial charge in [-0.05, 0) is 50.9 Å². The molecule has 1 aromatic carbocycles. The van der Waals surface area contributed by atoms with Crippen LogP contribution < -0.4 is 16.5 Å². The zero-order valence-electron chi connectivity index (χ0n) is 17.2. The van der Waals surface area contributed by atoms with Crippen molar-refractivity contribution >= 4 is 28.7 Å². The van der Waals surface area contributed by atoms with Gasteiger partial charge in [0.2, 0.25) is 5.43 Å². The van der Waals surface area contributed by atoms with Gasteiger partial charge < -0.3 is 25.1 Å². The number of carbonyl (C=O) groups is 3. The van der Waals surface area contributed by atoms with E-state index in [9.17, 15) is 19.2 Å². The van der Waals surface area contributed by atoms with Crippen LogP contribution in [0.2, 0.25) is 0 Å². The van der Waals surface area contributed by atoms with Gasteiger partial charge in [0.25, 0.3) is 5.91 Å². The Morgan fingerprint density at radius 2 is 1.93 bits per heavy atom. The van der Waals surface area contributed by atoms with Gasteiger partial charge in [-0.1, -0.05) is 6.07 Å². The molecule has 0 aliphatic carbocycles. The van der Waals surface area contributed by atoms with Crippen LogP contribution in [0.1, 0.15) is 36.2 Å². The number of hydrogen-bond donors (Lipinski definition) is 2. The third-order valence-electron chi connectivity index (χ3n) is 4.44. The molecule has 0 aliphatic heterocycles. The standard InChI is InChI=1S/C21H27N3O6/c1-3-24-12-16(21(28)30-13-18(25)23-11-19(26)29-4-2)20(27)15-10-14(6-5-9-22)7-8-17(15)24/h7-8,10,12H,3-6,9,11,13,22H2,1-2H3,(H,23,25). The van der Waals surface area contributed by atoms with Crippen molar-refractivity contribution in [1.29, 1.82) is 0 Å². The molecule has 0 aliphatic rings. The second-order valence-corrected chi connectivity index (χ2v) is 6.56. The molecule has 0 unspecified atom stereocenters. The van der Waals surface area contributed by atoms with Crippen LogP contribution in [0.3, 0.4) is 0 Å². The lowest BCUT2D eigenvalue weighted by Crippen LogP contribution is -2.34. The molecule has 0 saturated heterocycles. The number of pyridine rings is 1. The van der Waals surface area contributed by atoms with Crippen LogP contribution in [0.15, 0.2) is 29.2 Å². The Labute approximate surface area is 174 Å². The molecule has 0 atom stereocenters. The number of nitrogens with one attached hydrogen (secondary N) is 1. The summed E-state index contributed by atoms with van der Waals surface area (Å²) in [6.45, 7) is 3.89. The summed E-state index contributed by atoms with van der Waals surface area (Å²) in [4.78, 5) is 48.4. The van der Waals surface area contributed by atoms with Gasteiger partial charge in [0, 0.05) is 18.1 Å². The highest BCUT2D eigenvalue weighted by Crippen LogP contribution is 2.16. The lowest BCUT2D eigenvalue weighted by atomic mass is 10.0. The van der Waals surface area contributed by atoms with Gasteiger partial charge in [0.1, 0.15) is 12.1 Å². The Balaban J connectivity index is 2.18. The predicted molar refractivity (Wildman–Crippen MR) is 111 cm³/mol. The van der Waals surface area contributed by atoms with Gasteiger partial charge in [0.15, 0.2) is 6.61 Å².